The molecule has 18 heavy (non-hydrogen) atoms. The Bertz CT molecular complexity index is 278. The first-order valence-corrected chi connectivity index (χ1v) is 6.71. The lowest BCUT2D eigenvalue weighted by Gasteiger charge is -2.12. The molecule has 0 fully saturated rings. The van der Waals surface area contributed by atoms with Gasteiger partial charge in [0.15, 0.2) is 0 Å². The molecule has 4 nitrogen and oxygen atoms in total. The molecule has 0 aromatic rings. The van der Waals surface area contributed by atoms with Crippen LogP contribution in [0, 0.1) is 5.92 Å². The molecule has 0 radical (unpaired) electrons. The molecule has 1 atom stereocenters. The van der Waals surface area contributed by atoms with Crippen molar-refractivity contribution in [1.82, 2.24) is 0 Å². The number of carboxylic acids is 2. The Morgan fingerprint density at radius 3 is 1.89 bits per heavy atom. The molecular weight excluding hydrogens is 232 g/mol. The lowest BCUT2D eigenvalue weighted by atomic mass is 9.93. The first kappa shape index (κ1) is 16.7. The summed E-state index contributed by atoms with van der Waals surface area (Å²) in [4.78, 5) is 21.7. The topological polar surface area (TPSA) is 74.6 Å². The summed E-state index contributed by atoms with van der Waals surface area (Å²) in [5.74, 6) is -2.63. The molecule has 0 saturated heterocycles. The van der Waals surface area contributed by atoms with Gasteiger partial charge in [0.1, 0.15) is 5.57 Å². The first-order valence-electron chi connectivity index (χ1n) is 6.71. The Morgan fingerprint density at radius 1 is 0.944 bits per heavy atom. The van der Waals surface area contributed by atoms with Crippen LogP contribution in [-0.2, 0) is 9.59 Å². The van der Waals surface area contributed by atoms with Crippen molar-refractivity contribution < 1.29 is 19.8 Å². The van der Waals surface area contributed by atoms with Gasteiger partial charge in [0, 0.05) is 0 Å². The molecule has 0 saturated carbocycles. The fraction of sp³-hybridized carbons (Fsp3) is 0.714. The molecule has 0 heterocycles. The van der Waals surface area contributed by atoms with E-state index in [9.17, 15) is 9.59 Å². The van der Waals surface area contributed by atoms with Crippen molar-refractivity contribution in [3.63, 3.8) is 0 Å². The molecule has 0 aliphatic heterocycles. The maximum Gasteiger partial charge on any atom is 0.342 e. The van der Waals surface area contributed by atoms with Gasteiger partial charge >= 0.3 is 11.9 Å². The number of hydrogen-bond acceptors (Lipinski definition) is 2. The molecule has 2 N–H and O–H groups in total. The average Bonchev–Trinajstić information content (AvgIpc) is 2.31. The molecule has 0 aromatic heterocycles. The van der Waals surface area contributed by atoms with E-state index in [1.165, 1.54) is 6.08 Å². The van der Waals surface area contributed by atoms with Gasteiger partial charge in [0.25, 0.3) is 0 Å². The third-order valence-corrected chi connectivity index (χ3v) is 2.97. The monoisotopic (exact) mass is 256 g/mol. The second kappa shape index (κ2) is 9.68. The van der Waals surface area contributed by atoms with Crippen molar-refractivity contribution in [1.29, 1.82) is 0 Å². The predicted molar refractivity (Wildman–Crippen MR) is 70.5 cm³/mol. The van der Waals surface area contributed by atoms with Gasteiger partial charge in [-0.05, 0) is 18.8 Å². The Balaban J connectivity index is 4.64. The van der Waals surface area contributed by atoms with Crippen LogP contribution >= 0.6 is 0 Å². The highest BCUT2D eigenvalue weighted by Gasteiger charge is 2.18. The number of hydrogen-bond donors (Lipinski definition) is 2. The lowest BCUT2D eigenvalue weighted by molar-refractivity contribution is -0.140. The van der Waals surface area contributed by atoms with E-state index in [-0.39, 0.29) is 5.92 Å². The van der Waals surface area contributed by atoms with E-state index < -0.39 is 17.5 Å². The van der Waals surface area contributed by atoms with Crippen LogP contribution in [0.1, 0.15) is 58.8 Å². The maximum atomic E-state index is 10.8. The molecule has 104 valence electrons. The number of carboxylic acid groups (broad SMARTS) is 2. The number of allylic oxidation sites excluding steroid dienone is 1. The fourth-order valence-corrected chi connectivity index (χ4v) is 1.90. The minimum Gasteiger partial charge on any atom is -0.477 e. The fourth-order valence-electron chi connectivity index (χ4n) is 1.90. The molecule has 0 aliphatic carbocycles. The van der Waals surface area contributed by atoms with Crippen LogP contribution in [0.3, 0.4) is 0 Å². The second-order valence-electron chi connectivity index (χ2n) is 4.59. The number of rotatable bonds is 10. The third kappa shape index (κ3) is 7.09. The van der Waals surface area contributed by atoms with Gasteiger partial charge in [0.05, 0.1) is 0 Å². The molecular formula is C14H24O4. The van der Waals surface area contributed by atoms with Crippen molar-refractivity contribution in [3.05, 3.63) is 11.6 Å². The molecule has 0 aliphatic rings. The standard InChI is InChI=1S/C14H24O4/c1-3-5-7-9-11(8-6-4-2)10-12(13(15)16)14(17)18/h10-11H,3-9H2,1-2H3,(H,15,16)(H,17,18). The van der Waals surface area contributed by atoms with Crippen molar-refractivity contribution in [2.45, 2.75) is 58.8 Å². The largest absolute Gasteiger partial charge is 0.477 e. The van der Waals surface area contributed by atoms with Gasteiger partial charge in [-0.2, -0.15) is 0 Å². The smallest absolute Gasteiger partial charge is 0.342 e. The molecule has 1 unspecified atom stereocenters. The lowest BCUT2D eigenvalue weighted by Crippen LogP contribution is -2.13. The SMILES string of the molecule is CCCCCC(C=C(C(=O)O)C(=O)O)CCCC. The van der Waals surface area contributed by atoms with Crippen LogP contribution in [0.25, 0.3) is 0 Å². The Hall–Kier alpha value is -1.32. The number of aliphatic carboxylic acids is 2. The summed E-state index contributed by atoms with van der Waals surface area (Å²) in [6.07, 6.45) is 8.43. The minimum atomic E-state index is -1.35. The number of unbranched alkanes of at least 4 members (excludes halogenated alkanes) is 3. The van der Waals surface area contributed by atoms with Gasteiger partial charge in [-0.25, -0.2) is 9.59 Å². The van der Waals surface area contributed by atoms with E-state index in [0.717, 1.165) is 44.9 Å². The first-order chi connectivity index (χ1) is 8.52. The Morgan fingerprint density at radius 2 is 1.44 bits per heavy atom. The highest BCUT2D eigenvalue weighted by Crippen LogP contribution is 2.20. The average molecular weight is 256 g/mol. The predicted octanol–water partition coefficient (Wildman–Crippen LogP) is 3.47. The summed E-state index contributed by atoms with van der Waals surface area (Å²) in [6, 6.07) is 0. The van der Waals surface area contributed by atoms with E-state index in [0.29, 0.717) is 0 Å². The van der Waals surface area contributed by atoms with Crippen molar-refractivity contribution in [2.24, 2.45) is 5.92 Å². The zero-order valence-electron chi connectivity index (χ0n) is 11.3. The van der Waals surface area contributed by atoms with Gasteiger partial charge < -0.3 is 10.2 Å². The van der Waals surface area contributed by atoms with Crippen LogP contribution in [0.15, 0.2) is 11.6 Å². The molecule has 0 aromatic carbocycles. The molecule has 0 bridgehead atoms. The van der Waals surface area contributed by atoms with Crippen molar-refractivity contribution >= 4 is 11.9 Å². The van der Waals surface area contributed by atoms with Crippen LogP contribution < -0.4 is 0 Å². The number of carbonyl (C=O) groups is 2. The van der Waals surface area contributed by atoms with E-state index in [1.807, 2.05) is 0 Å². The Kier molecular flexibility index (Phi) is 8.97. The highest BCUT2D eigenvalue weighted by atomic mass is 16.4. The normalized spacial score (nSPS) is 11.9. The van der Waals surface area contributed by atoms with Crippen LogP contribution in [0.4, 0.5) is 0 Å². The van der Waals surface area contributed by atoms with E-state index in [2.05, 4.69) is 13.8 Å². The molecule has 4 heteroatoms. The van der Waals surface area contributed by atoms with E-state index >= 15 is 0 Å². The molecule has 0 rings (SSSR count). The molecule has 0 amide bonds. The summed E-state index contributed by atoms with van der Waals surface area (Å²) in [5, 5.41) is 17.7. The summed E-state index contributed by atoms with van der Waals surface area (Å²) in [7, 11) is 0. The summed E-state index contributed by atoms with van der Waals surface area (Å²) in [6.45, 7) is 4.18. The van der Waals surface area contributed by atoms with E-state index in [4.69, 9.17) is 10.2 Å². The zero-order chi connectivity index (χ0) is 14.0. The van der Waals surface area contributed by atoms with Gasteiger partial charge in [-0.1, -0.05) is 52.0 Å². The van der Waals surface area contributed by atoms with Crippen molar-refractivity contribution in [3.8, 4) is 0 Å². The third-order valence-electron chi connectivity index (χ3n) is 2.97. The van der Waals surface area contributed by atoms with Crippen LogP contribution in [-0.4, -0.2) is 22.2 Å². The molecule has 0 spiro atoms. The van der Waals surface area contributed by atoms with Gasteiger partial charge in [-0.3, -0.25) is 0 Å². The summed E-state index contributed by atoms with van der Waals surface area (Å²) in [5.41, 5.74) is -0.493. The van der Waals surface area contributed by atoms with Gasteiger partial charge in [-0.15, -0.1) is 0 Å². The zero-order valence-corrected chi connectivity index (χ0v) is 11.3. The Labute approximate surface area is 109 Å². The summed E-state index contributed by atoms with van der Waals surface area (Å²) >= 11 is 0. The van der Waals surface area contributed by atoms with Crippen LogP contribution in [0.2, 0.25) is 0 Å². The summed E-state index contributed by atoms with van der Waals surface area (Å²) < 4.78 is 0. The minimum absolute atomic E-state index is 0.0682. The van der Waals surface area contributed by atoms with Gasteiger partial charge in [0.2, 0.25) is 0 Å². The van der Waals surface area contributed by atoms with Crippen LogP contribution in [0.5, 0.6) is 0 Å². The quantitative estimate of drug-likeness (QED) is 0.271. The maximum absolute atomic E-state index is 10.8. The van der Waals surface area contributed by atoms with Crippen molar-refractivity contribution in [2.75, 3.05) is 0 Å². The highest BCUT2D eigenvalue weighted by molar-refractivity contribution is 6.12. The second-order valence-corrected chi connectivity index (χ2v) is 4.59. The van der Waals surface area contributed by atoms with E-state index in [1.54, 1.807) is 0 Å².